The second-order valence-corrected chi connectivity index (χ2v) is 6.22. The molecule has 0 fully saturated rings. The number of carbonyl (C=O) groups is 4. The summed E-state index contributed by atoms with van der Waals surface area (Å²) in [5.74, 6) is -1.79. The van der Waals surface area contributed by atoms with E-state index >= 15 is 0 Å². The minimum Gasteiger partial charge on any atom is -0.352 e. The van der Waals surface area contributed by atoms with Gasteiger partial charge in [-0.3, -0.25) is 19.2 Å². The summed E-state index contributed by atoms with van der Waals surface area (Å²) in [7, 11) is 0. The molecule has 1 rings (SSSR count). The summed E-state index contributed by atoms with van der Waals surface area (Å²) in [6.07, 6.45) is 0. The lowest BCUT2D eigenvalue weighted by Crippen LogP contribution is -2.40. The Hall–Kier alpha value is -2.97. The Balaban J connectivity index is 2.60. The molecule has 0 aliphatic heterocycles. The zero-order valence-electron chi connectivity index (χ0n) is 15.4. The number of carbonyl (C=O) groups excluding carboxylic acids is 4. The maximum atomic E-state index is 12.0. The number of nitrogens with one attached hydrogen (secondary N) is 4. The van der Waals surface area contributed by atoms with Crippen LogP contribution in [0.5, 0.6) is 0 Å². The lowest BCUT2D eigenvalue weighted by Gasteiger charge is -2.10. The molecule has 9 heteroatoms. The van der Waals surface area contributed by atoms with Gasteiger partial charge < -0.3 is 21.3 Å². The van der Waals surface area contributed by atoms with Crippen molar-refractivity contribution < 1.29 is 19.2 Å². The van der Waals surface area contributed by atoms with Gasteiger partial charge in [-0.05, 0) is 39.8 Å². The smallest absolute Gasteiger partial charge is 0.270 e. The molecule has 4 N–H and O–H groups in total. The van der Waals surface area contributed by atoms with Crippen molar-refractivity contribution in [1.82, 2.24) is 26.3 Å². The van der Waals surface area contributed by atoms with E-state index in [1.807, 2.05) is 27.7 Å². The van der Waals surface area contributed by atoms with Crippen LogP contribution in [-0.4, -0.2) is 53.8 Å². The third-order valence-electron chi connectivity index (χ3n) is 2.93. The average molecular weight is 363 g/mol. The SMILES string of the molecule is CC(C)NC(=O)CNC(=O)c1cccc(C(=O)NCC(=O)NC(C)C)n1. The van der Waals surface area contributed by atoms with Crippen molar-refractivity contribution in [3.63, 3.8) is 0 Å². The quantitative estimate of drug-likeness (QED) is 0.499. The van der Waals surface area contributed by atoms with Crippen LogP contribution in [0.3, 0.4) is 0 Å². The zero-order valence-corrected chi connectivity index (χ0v) is 15.4. The summed E-state index contributed by atoms with van der Waals surface area (Å²) in [5.41, 5.74) is 0.00302. The lowest BCUT2D eigenvalue weighted by atomic mass is 10.2. The molecule has 0 unspecified atom stereocenters. The molecule has 142 valence electrons. The standard InChI is InChI=1S/C17H25N5O4/c1-10(2)20-14(23)8-18-16(25)12-6-5-7-13(22-12)17(26)19-9-15(24)21-11(3)4/h5-7,10-11H,8-9H2,1-4H3,(H,18,25)(H,19,26)(H,20,23)(H,21,24). The van der Waals surface area contributed by atoms with Gasteiger partial charge in [-0.1, -0.05) is 6.07 Å². The molecule has 0 atom stereocenters. The number of amides is 4. The minimum absolute atomic E-state index is 0.00151. The van der Waals surface area contributed by atoms with Gasteiger partial charge in [0.25, 0.3) is 11.8 Å². The average Bonchev–Trinajstić information content (AvgIpc) is 2.56. The Kier molecular flexibility index (Phi) is 8.20. The van der Waals surface area contributed by atoms with Crippen molar-refractivity contribution in [2.45, 2.75) is 39.8 Å². The van der Waals surface area contributed by atoms with Crippen LogP contribution in [0, 0.1) is 0 Å². The molecule has 26 heavy (non-hydrogen) atoms. The summed E-state index contributed by atoms with van der Waals surface area (Å²) >= 11 is 0. The topological polar surface area (TPSA) is 129 Å². The Morgan fingerprint density at radius 2 is 1.19 bits per heavy atom. The fourth-order valence-corrected chi connectivity index (χ4v) is 1.94. The predicted octanol–water partition coefficient (Wildman–Crippen LogP) is -0.410. The van der Waals surface area contributed by atoms with E-state index in [1.54, 1.807) is 0 Å². The van der Waals surface area contributed by atoms with Crippen LogP contribution in [0.1, 0.15) is 48.7 Å². The maximum Gasteiger partial charge on any atom is 0.270 e. The van der Waals surface area contributed by atoms with Gasteiger partial charge in [-0.25, -0.2) is 4.98 Å². The van der Waals surface area contributed by atoms with Crippen LogP contribution < -0.4 is 21.3 Å². The van der Waals surface area contributed by atoms with Crippen molar-refractivity contribution in [2.24, 2.45) is 0 Å². The van der Waals surface area contributed by atoms with Crippen LogP contribution >= 0.6 is 0 Å². The summed E-state index contributed by atoms with van der Waals surface area (Å²) < 4.78 is 0. The van der Waals surface area contributed by atoms with E-state index < -0.39 is 11.8 Å². The maximum absolute atomic E-state index is 12.0. The molecular formula is C17H25N5O4. The second kappa shape index (κ2) is 10.1. The van der Waals surface area contributed by atoms with E-state index in [1.165, 1.54) is 18.2 Å². The van der Waals surface area contributed by atoms with Crippen molar-refractivity contribution in [2.75, 3.05) is 13.1 Å². The lowest BCUT2D eigenvalue weighted by molar-refractivity contribution is -0.121. The van der Waals surface area contributed by atoms with Gasteiger partial charge >= 0.3 is 0 Å². The van der Waals surface area contributed by atoms with Crippen molar-refractivity contribution in [1.29, 1.82) is 0 Å². The summed E-state index contributed by atoms with van der Waals surface area (Å²) in [4.78, 5) is 51.1. The van der Waals surface area contributed by atoms with E-state index in [9.17, 15) is 19.2 Å². The van der Waals surface area contributed by atoms with E-state index in [4.69, 9.17) is 0 Å². The highest BCUT2D eigenvalue weighted by Gasteiger charge is 2.14. The Bertz CT molecular complexity index is 620. The first-order valence-corrected chi connectivity index (χ1v) is 8.31. The molecule has 0 saturated carbocycles. The van der Waals surface area contributed by atoms with Gasteiger partial charge in [-0.15, -0.1) is 0 Å². The number of pyridine rings is 1. The zero-order chi connectivity index (χ0) is 19.7. The molecule has 0 radical (unpaired) electrons. The molecule has 0 aliphatic carbocycles. The molecule has 1 heterocycles. The summed E-state index contributed by atoms with van der Waals surface area (Å²) in [6.45, 7) is 6.86. The molecule has 9 nitrogen and oxygen atoms in total. The Morgan fingerprint density at radius 1 is 0.808 bits per heavy atom. The number of aromatic nitrogens is 1. The monoisotopic (exact) mass is 363 g/mol. The molecule has 0 aromatic carbocycles. The van der Waals surface area contributed by atoms with Crippen LogP contribution in [0.25, 0.3) is 0 Å². The van der Waals surface area contributed by atoms with E-state index in [0.29, 0.717) is 0 Å². The van der Waals surface area contributed by atoms with Gasteiger partial charge in [0.2, 0.25) is 11.8 Å². The highest BCUT2D eigenvalue weighted by molar-refractivity contribution is 5.98. The van der Waals surface area contributed by atoms with E-state index in [0.717, 1.165) is 0 Å². The van der Waals surface area contributed by atoms with Crippen LogP contribution in [0.2, 0.25) is 0 Å². The first-order valence-electron chi connectivity index (χ1n) is 8.31. The number of rotatable bonds is 8. The van der Waals surface area contributed by atoms with E-state index in [-0.39, 0.29) is 48.4 Å². The van der Waals surface area contributed by atoms with E-state index in [2.05, 4.69) is 26.3 Å². The van der Waals surface area contributed by atoms with Crippen LogP contribution in [-0.2, 0) is 9.59 Å². The van der Waals surface area contributed by atoms with Gasteiger partial charge in [0.1, 0.15) is 11.4 Å². The van der Waals surface area contributed by atoms with Crippen LogP contribution in [0.15, 0.2) is 18.2 Å². The minimum atomic E-state index is -0.573. The van der Waals surface area contributed by atoms with Gasteiger partial charge in [-0.2, -0.15) is 0 Å². The molecular weight excluding hydrogens is 338 g/mol. The first kappa shape index (κ1) is 21.1. The largest absolute Gasteiger partial charge is 0.352 e. The highest BCUT2D eigenvalue weighted by Crippen LogP contribution is 2.00. The molecule has 0 saturated heterocycles. The van der Waals surface area contributed by atoms with Gasteiger partial charge in [0.15, 0.2) is 0 Å². The normalized spacial score (nSPS) is 10.4. The van der Waals surface area contributed by atoms with Crippen molar-refractivity contribution >= 4 is 23.6 Å². The fraction of sp³-hybridized carbons (Fsp3) is 0.471. The molecule has 4 amide bonds. The first-order chi connectivity index (χ1) is 12.2. The van der Waals surface area contributed by atoms with Crippen molar-refractivity contribution in [3.05, 3.63) is 29.6 Å². The molecule has 0 spiro atoms. The molecule has 1 aromatic rings. The fourth-order valence-electron chi connectivity index (χ4n) is 1.94. The highest BCUT2D eigenvalue weighted by atomic mass is 16.2. The molecule has 0 aliphatic rings. The second-order valence-electron chi connectivity index (χ2n) is 6.22. The van der Waals surface area contributed by atoms with Gasteiger partial charge in [0.05, 0.1) is 13.1 Å². The Morgan fingerprint density at radius 3 is 1.54 bits per heavy atom. The Labute approximate surface area is 152 Å². The number of hydrogen-bond acceptors (Lipinski definition) is 5. The van der Waals surface area contributed by atoms with Crippen molar-refractivity contribution in [3.8, 4) is 0 Å². The summed E-state index contributed by atoms with van der Waals surface area (Å²) in [5, 5.41) is 10.2. The number of nitrogens with zero attached hydrogens (tertiary/aromatic N) is 1. The third kappa shape index (κ3) is 7.73. The number of hydrogen-bond donors (Lipinski definition) is 4. The summed E-state index contributed by atoms with van der Waals surface area (Å²) in [6, 6.07) is 4.30. The molecule has 1 aromatic heterocycles. The van der Waals surface area contributed by atoms with Gasteiger partial charge in [0, 0.05) is 12.1 Å². The van der Waals surface area contributed by atoms with Crippen LogP contribution in [0.4, 0.5) is 0 Å². The predicted molar refractivity (Wildman–Crippen MR) is 95.5 cm³/mol. The third-order valence-corrected chi connectivity index (χ3v) is 2.93. The molecule has 0 bridgehead atoms.